The van der Waals surface area contributed by atoms with E-state index in [-0.39, 0.29) is 6.67 Å². The molecule has 1 nitrogen and oxygen atoms in total. The number of benzene rings is 2. The van der Waals surface area contributed by atoms with Gasteiger partial charge in [-0.1, -0.05) is 46.6 Å². The lowest BCUT2D eigenvalue weighted by atomic mass is 10.1. The predicted octanol–water partition coefficient (Wildman–Crippen LogP) is 6.02. The summed E-state index contributed by atoms with van der Waals surface area (Å²) in [5, 5.41) is 0. The first-order valence-electron chi connectivity index (χ1n) is 7.34. The molecule has 0 unspecified atom stereocenters. The Morgan fingerprint density at radius 1 is 0.762 bits per heavy atom. The van der Waals surface area contributed by atoms with Gasteiger partial charge in [-0.05, 0) is 54.7 Å². The fraction of sp³-hybridized carbons (Fsp3) is 0.333. The van der Waals surface area contributed by atoms with E-state index in [4.69, 9.17) is 4.74 Å². The third-order valence-electron chi connectivity index (χ3n) is 3.33. The van der Waals surface area contributed by atoms with Gasteiger partial charge in [-0.2, -0.15) is 0 Å². The SMILES string of the molecule is FCCCCCCOc1ccc(-c2ccc(Br)cc2)cc1. The smallest absolute Gasteiger partial charge is 0.119 e. The minimum atomic E-state index is -0.210. The molecule has 0 saturated carbocycles. The fourth-order valence-electron chi connectivity index (χ4n) is 2.13. The lowest BCUT2D eigenvalue weighted by Gasteiger charge is -2.07. The number of hydrogen-bond donors (Lipinski definition) is 0. The minimum Gasteiger partial charge on any atom is -0.494 e. The zero-order valence-corrected chi connectivity index (χ0v) is 13.6. The molecule has 0 heterocycles. The van der Waals surface area contributed by atoms with Crippen LogP contribution in [0.4, 0.5) is 4.39 Å². The van der Waals surface area contributed by atoms with Crippen molar-refractivity contribution in [2.24, 2.45) is 0 Å². The van der Waals surface area contributed by atoms with Gasteiger partial charge in [-0.25, -0.2) is 0 Å². The third-order valence-corrected chi connectivity index (χ3v) is 3.86. The Hall–Kier alpha value is -1.35. The van der Waals surface area contributed by atoms with Crippen LogP contribution in [0.15, 0.2) is 53.0 Å². The lowest BCUT2D eigenvalue weighted by molar-refractivity contribution is 0.303. The van der Waals surface area contributed by atoms with Crippen molar-refractivity contribution in [3.05, 3.63) is 53.0 Å². The molecule has 0 fully saturated rings. The van der Waals surface area contributed by atoms with E-state index in [2.05, 4.69) is 40.2 Å². The summed E-state index contributed by atoms with van der Waals surface area (Å²) in [6.45, 7) is 0.488. The Morgan fingerprint density at radius 2 is 1.33 bits per heavy atom. The highest BCUT2D eigenvalue weighted by atomic mass is 79.9. The number of halogens is 2. The van der Waals surface area contributed by atoms with Crippen LogP contribution in [0.1, 0.15) is 25.7 Å². The Kier molecular flexibility index (Phi) is 6.74. The molecule has 0 amide bonds. The first-order valence-corrected chi connectivity index (χ1v) is 8.13. The predicted molar refractivity (Wildman–Crippen MR) is 89.5 cm³/mol. The Labute approximate surface area is 134 Å². The molecule has 112 valence electrons. The average Bonchev–Trinajstić information content (AvgIpc) is 2.52. The minimum absolute atomic E-state index is 0.210. The van der Waals surface area contributed by atoms with Crippen molar-refractivity contribution in [3.63, 3.8) is 0 Å². The van der Waals surface area contributed by atoms with Crippen molar-refractivity contribution in [1.29, 1.82) is 0 Å². The van der Waals surface area contributed by atoms with E-state index in [0.29, 0.717) is 13.0 Å². The molecule has 0 spiro atoms. The highest BCUT2D eigenvalue weighted by molar-refractivity contribution is 9.10. The van der Waals surface area contributed by atoms with Crippen LogP contribution in [0.2, 0.25) is 0 Å². The van der Waals surface area contributed by atoms with Gasteiger partial charge in [0.05, 0.1) is 13.3 Å². The van der Waals surface area contributed by atoms with Gasteiger partial charge in [0.25, 0.3) is 0 Å². The lowest BCUT2D eigenvalue weighted by Crippen LogP contribution is -1.97. The summed E-state index contributed by atoms with van der Waals surface area (Å²) in [5.41, 5.74) is 2.37. The molecule has 0 aliphatic rings. The summed E-state index contributed by atoms with van der Waals surface area (Å²) in [7, 11) is 0. The van der Waals surface area contributed by atoms with Gasteiger partial charge in [0.1, 0.15) is 5.75 Å². The monoisotopic (exact) mass is 350 g/mol. The topological polar surface area (TPSA) is 9.23 Å². The molecule has 0 radical (unpaired) electrons. The van der Waals surface area contributed by atoms with E-state index in [9.17, 15) is 4.39 Å². The molecule has 2 rings (SSSR count). The Bertz CT molecular complexity index is 522. The van der Waals surface area contributed by atoms with E-state index in [1.807, 2.05) is 24.3 Å². The van der Waals surface area contributed by atoms with Crippen LogP contribution in [0.5, 0.6) is 5.75 Å². The van der Waals surface area contributed by atoms with Crippen molar-refractivity contribution in [2.45, 2.75) is 25.7 Å². The van der Waals surface area contributed by atoms with Crippen LogP contribution in [-0.4, -0.2) is 13.3 Å². The van der Waals surface area contributed by atoms with Crippen LogP contribution in [0.3, 0.4) is 0 Å². The van der Waals surface area contributed by atoms with Gasteiger partial charge < -0.3 is 4.74 Å². The second kappa shape index (κ2) is 8.83. The molecule has 0 bridgehead atoms. The van der Waals surface area contributed by atoms with Crippen molar-refractivity contribution < 1.29 is 9.13 Å². The van der Waals surface area contributed by atoms with Crippen molar-refractivity contribution in [1.82, 2.24) is 0 Å². The maximum absolute atomic E-state index is 11.9. The third kappa shape index (κ3) is 5.50. The number of rotatable bonds is 8. The van der Waals surface area contributed by atoms with E-state index in [1.54, 1.807) is 0 Å². The molecule has 2 aromatic rings. The number of unbranched alkanes of at least 4 members (excludes halogenated alkanes) is 3. The molecule has 2 aromatic carbocycles. The second-order valence-electron chi connectivity index (χ2n) is 4.98. The summed E-state index contributed by atoms with van der Waals surface area (Å²) >= 11 is 3.44. The maximum atomic E-state index is 11.9. The molecule has 0 aromatic heterocycles. The van der Waals surface area contributed by atoms with Crippen LogP contribution in [-0.2, 0) is 0 Å². The zero-order chi connectivity index (χ0) is 14.9. The van der Waals surface area contributed by atoms with Gasteiger partial charge in [0, 0.05) is 4.47 Å². The van der Waals surface area contributed by atoms with E-state index >= 15 is 0 Å². The summed E-state index contributed by atoms with van der Waals surface area (Å²) in [4.78, 5) is 0. The van der Waals surface area contributed by atoms with Crippen LogP contribution in [0.25, 0.3) is 11.1 Å². The summed E-state index contributed by atoms with van der Waals surface area (Å²) in [6.07, 6.45) is 3.62. The summed E-state index contributed by atoms with van der Waals surface area (Å²) < 4.78 is 18.7. The molecular weight excluding hydrogens is 331 g/mol. The molecule has 0 aliphatic carbocycles. The molecule has 0 N–H and O–H groups in total. The zero-order valence-electron chi connectivity index (χ0n) is 12.0. The second-order valence-corrected chi connectivity index (χ2v) is 5.90. The Balaban J connectivity index is 1.80. The van der Waals surface area contributed by atoms with E-state index in [1.165, 1.54) is 11.1 Å². The van der Waals surface area contributed by atoms with Crippen LogP contribution < -0.4 is 4.74 Å². The fourth-order valence-corrected chi connectivity index (χ4v) is 2.39. The molecular formula is C18H20BrFO. The van der Waals surface area contributed by atoms with Crippen LogP contribution in [0, 0.1) is 0 Å². The highest BCUT2D eigenvalue weighted by Gasteiger charge is 1.99. The summed E-state index contributed by atoms with van der Waals surface area (Å²) in [6, 6.07) is 16.4. The van der Waals surface area contributed by atoms with Crippen LogP contribution >= 0.6 is 15.9 Å². The molecule has 0 aliphatic heterocycles. The van der Waals surface area contributed by atoms with Crippen molar-refractivity contribution in [2.75, 3.05) is 13.3 Å². The number of ether oxygens (including phenoxy) is 1. The van der Waals surface area contributed by atoms with Gasteiger partial charge in [-0.15, -0.1) is 0 Å². The van der Waals surface area contributed by atoms with Gasteiger partial charge in [0.15, 0.2) is 0 Å². The van der Waals surface area contributed by atoms with E-state index in [0.717, 1.165) is 29.5 Å². The highest BCUT2D eigenvalue weighted by Crippen LogP contribution is 2.24. The number of hydrogen-bond acceptors (Lipinski definition) is 1. The molecule has 0 atom stereocenters. The normalized spacial score (nSPS) is 10.6. The molecule has 3 heteroatoms. The first kappa shape index (κ1) is 16.0. The average molecular weight is 351 g/mol. The van der Waals surface area contributed by atoms with Gasteiger partial charge in [-0.3, -0.25) is 4.39 Å². The van der Waals surface area contributed by atoms with Crippen molar-refractivity contribution in [3.8, 4) is 16.9 Å². The van der Waals surface area contributed by atoms with Gasteiger partial charge >= 0.3 is 0 Å². The van der Waals surface area contributed by atoms with Crippen molar-refractivity contribution >= 4 is 15.9 Å². The van der Waals surface area contributed by atoms with Gasteiger partial charge in [0.2, 0.25) is 0 Å². The largest absolute Gasteiger partial charge is 0.494 e. The first-order chi connectivity index (χ1) is 10.3. The Morgan fingerprint density at radius 3 is 1.95 bits per heavy atom. The number of alkyl halides is 1. The van der Waals surface area contributed by atoms with E-state index < -0.39 is 0 Å². The summed E-state index contributed by atoms with van der Waals surface area (Å²) in [5.74, 6) is 0.890. The standard InChI is InChI=1S/C18H20BrFO/c19-17-9-5-15(6-10-17)16-7-11-18(12-8-16)21-14-4-2-1-3-13-20/h5-12H,1-4,13-14H2. The molecule has 0 saturated heterocycles. The molecule has 21 heavy (non-hydrogen) atoms. The quantitative estimate of drug-likeness (QED) is 0.528. The maximum Gasteiger partial charge on any atom is 0.119 e.